The fourth-order valence-electron chi connectivity index (χ4n) is 2.28. The normalized spacial score (nSPS) is 12.3. The fraction of sp³-hybridized carbons (Fsp3) is 0.263. The molecule has 144 valence electrons. The first-order valence-corrected chi connectivity index (χ1v) is 9.75. The molecule has 2 rings (SSSR count). The van der Waals surface area contributed by atoms with Crippen molar-refractivity contribution in [1.82, 2.24) is 4.72 Å². The van der Waals surface area contributed by atoms with Gasteiger partial charge in [-0.1, -0.05) is 12.1 Å². The Morgan fingerprint density at radius 1 is 1.04 bits per heavy atom. The highest BCUT2D eigenvalue weighted by Crippen LogP contribution is 2.17. The summed E-state index contributed by atoms with van der Waals surface area (Å²) in [5, 5.41) is 2.74. The summed E-state index contributed by atoms with van der Waals surface area (Å²) in [6.07, 6.45) is -1.02. The smallest absolute Gasteiger partial charge is 0.338 e. The van der Waals surface area contributed by atoms with Gasteiger partial charge in [0.05, 0.1) is 10.5 Å². The van der Waals surface area contributed by atoms with Gasteiger partial charge in [0.15, 0.2) is 6.10 Å². The van der Waals surface area contributed by atoms with Gasteiger partial charge in [0.25, 0.3) is 5.91 Å². The fourth-order valence-corrected chi connectivity index (χ4v) is 3.01. The predicted molar refractivity (Wildman–Crippen MR) is 102 cm³/mol. The lowest BCUT2D eigenvalue weighted by Crippen LogP contribution is -2.30. The molecule has 27 heavy (non-hydrogen) atoms. The Balaban J connectivity index is 2.04. The minimum absolute atomic E-state index is 0.0299. The molecule has 0 spiro atoms. The van der Waals surface area contributed by atoms with Gasteiger partial charge < -0.3 is 10.1 Å². The van der Waals surface area contributed by atoms with Crippen LogP contribution in [-0.4, -0.2) is 33.4 Å². The first-order chi connectivity index (χ1) is 12.6. The zero-order chi connectivity index (χ0) is 20.2. The van der Waals surface area contributed by atoms with Crippen molar-refractivity contribution in [3.8, 4) is 0 Å². The van der Waals surface area contributed by atoms with Crippen molar-refractivity contribution < 1.29 is 22.7 Å². The maximum atomic E-state index is 12.3. The lowest BCUT2D eigenvalue weighted by Gasteiger charge is -2.15. The minimum Gasteiger partial charge on any atom is -0.449 e. The van der Waals surface area contributed by atoms with Gasteiger partial charge >= 0.3 is 5.97 Å². The van der Waals surface area contributed by atoms with Gasteiger partial charge in [0.2, 0.25) is 10.0 Å². The average molecular weight is 390 g/mol. The lowest BCUT2D eigenvalue weighted by atomic mass is 10.1. The molecular weight excluding hydrogens is 368 g/mol. The van der Waals surface area contributed by atoms with E-state index in [9.17, 15) is 18.0 Å². The maximum Gasteiger partial charge on any atom is 0.338 e. The van der Waals surface area contributed by atoms with Crippen molar-refractivity contribution >= 4 is 27.6 Å². The number of hydrogen-bond donors (Lipinski definition) is 2. The molecular formula is C19H22N2O5S. The molecule has 0 aliphatic rings. The molecule has 0 bridgehead atoms. The summed E-state index contributed by atoms with van der Waals surface area (Å²) in [4.78, 5) is 24.5. The summed E-state index contributed by atoms with van der Waals surface area (Å²) in [6.45, 7) is 5.25. The maximum absolute atomic E-state index is 12.3. The molecule has 2 aromatic rings. The first kappa shape index (κ1) is 20.6. The van der Waals surface area contributed by atoms with Gasteiger partial charge in [-0.25, -0.2) is 17.9 Å². The Bertz CT molecular complexity index is 953. The van der Waals surface area contributed by atoms with Gasteiger partial charge in [-0.2, -0.15) is 0 Å². The zero-order valence-corrected chi connectivity index (χ0v) is 16.4. The molecule has 0 saturated heterocycles. The van der Waals surface area contributed by atoms with Gasteiger partial charge in [-0.15, -0.1) is 0 Å². The number of benzene rings is 2. The van der Waals surface area contributed by atoms with Crippen molar-refractivity contribution in [2.75, 3.05) is 12.4 Å². The van der Waals surface area contributed by atoms with E-state index in [0.29, 0.717) is 5.69 Å². The number of amides is 1. The van der Waals surface area contributed by atoms with Crippen LogP contribution in [0.2, 0.25) is 0 Å². The second-order valence-electron chi connectivity index (χ2n) is 6.09. The Labute approximate surface area is 158 Å². The third-order valence-corrected chi connectivity index (χ3v) is 5.40. The molecule has 8 heteroatoms. The SMILES string of the molecule is CNS(=O)(=O)c1ccc(C(=O)OC(C)C(=O)Nc2cc(C)ccc2C)cc1. The summed E-state index contributed by atoms with van der Waals surface area (Å²) < 4.78 is 30.8. The van der Waals surface area contributed by atoms with Gasteiger partial charge in [0.1, 0.15) is 0 Å². The number of anilines is 1. The number of aryl methyl sites for hydroxylation is 2. The molecule has 0 fully saturated rings. The van der Waals surface area contributed by atoms with Crippen LogP contribution in [-0.2, 0) is 19.6 Å². The van der Waals surface area contributed by atoms with Crippen LogP contribution in [0.4, 0.5) is 5.69 Å². The largest absolute Gasteiger partial charge is 0.449 e. The van der Waals surface area contributed by atoms with E-state index in [1.54, 1.807) is 0 Å². The number of nitrogens with one attached hydrogen (secondary N) is 2. The highest BCUT2D eigenvalue weighted by atomic mass is 32.2. The summed E-state index contributed by atoms with van der Waals surface area (Å²) in [5.41, 5.74) is 2.70. The van der Waals surface area contributed by atoms with Crippen LogP contribution in [0.5, 0.6) is 0 Å². The molecule has 1 amide bonds. The Morgan fingerprint density at radius 2 is 1.67 bits per heavy atom. The molecule has 0 heterocycles. The third kappa shape index (κ3) is 5.15. The van der Waals surface area contributed by atoms with Crippen molar-refractivity contribution in [3.63, 3.8) is 0 Å². The summed E-state index contributed by atoms with van der Waals surface area (Å²) >= 11 is 0. The number of sulfonamides is 1. The second kappa shape index (κ2) is 8.32. The molecule has 1 atom stereocenters. The number of hydrogen-bond acceptors (Lipinski definition) is 5. The molecule has 0 saturated carbocycles. The van der Waals surface area contributed by atoms with E-state index >= 15 is 0 Å². The van der Waals surface area contributed by atoms with E-state index in [2.05, 4.69) is 10.0 Å². The predicted octanol–water partition coefficient (Wildman–Crippen LogP) is 2.40. The van der Waals surface area contributed by atoms with E-state index in [-0.39, 0.29) is 10.5 Å². The Kier molecular flexibility index (Phi) is 6.35. The molecule has 0 aliphatic carbocycles. The van der Waals surface area contributed by atoms with Crippen molar-refractivity contribution in [1.29, 1.82) is 0 Å². The van der Waals surface area contributed by atoms with Crippen LogP contribution in [0.3, 0.4) is 0 Å². The average Bonchev–Trinajstić information content (AvgIpc) is 2.64. The summed E-state index contributed by atoms with van der Waals surface area (Å²) in [6, 6.07) is 10.9. The molecule has 2 N–H and O–H groups in total. The molecule has 0 aliphatic heterocycles. The molecule has 2 aromatic carbocycles. The minimum atomic E-state index is -3.59. The Morgan fingerprint density at radius 3 is 2.26 bits per heavy atom. The van der Waals surface area contributed by atoms with Crippen molar-refractivity contribution in [2.24, 2.45) is 0 Å². The van der Waals surface area contributed by atoms with Crippen molar-refractivity contribution in [3.05, 3.63) is 59.2 Å². The molecule has 0 aromatic heterocycles. The van der Waals surface area contributed by atoms with E-state index in [1.807, 2.05) is 32.0 Å². The van der Waals surface area contributed by atoms with Crippen LogP contribution >= 0.6 is 0 Å². The monoisotopic (exact) mass is 390 g/mol. The third-order valence-electron chi connectivity index (χ3n) is 3.97. The van der Waals surface area contributed by atoms with Gasteiger partial charge in [-0.3, -0.25) is 4.79 Å². The number of rotatable bonds is 6. The van der Waals surface area contributed by atoms with Crippen LogP contribution < -0.4 is 10.0 Å². The molecule has 1 unspecified atom stereocenters. The number of ether oxygens (including phenoxy) is 1. The van der Waals surface area contributed by atoms with E-state index in [1.165, 1.54) is 38.2 Å². The van der Waals surface area contributed by atoms with E-state index in [0.717, 1.165) is 11.1 Å². The van der Waals surface area contributed by atoms with Crippen LogP contribution in [0.1, 0.15) is 28.4 Å². The standard InChI is InChI=1S/C19H22N2O5S/c1-12-5-6-13(2)17(11-12)21-18(22)14(3)26-19(23)15-7-9-16(10-8-15)27(24,25)20-4/h5-11,14,20H,1-4H3,(H,21,22). The van der Waals surface area contributed by atoms with Gasteiger partial charge in [0, 0.05) is 5.69 Å². The number of carbonyl (C=O) groups excluding carboxylic acids is 2. The zero-order valence-electron chi connectivity index (χ0n) is 15.6. The summed E-state index contributed by atoms with van der Waals surface area (Å²) in [5.74, 6) is -1.17. The summed E-state index contributed by atoms with van der Waals surface area (Å²) in [7, 11) is -2.29. The number of carbonyl (C=O) groups is 2. The molecule has 0 radical (unpaired) electrons. The van der Waals surface area contributed by atoms with E-state index < -0.39 is 28.0 Å². The van der Waals surface area contributed by atoms with Crippen LogP contribution in [0.25, 0.3) is 0 Å². The topological polar surface area (TPSA) is 102 Å². The highest BCUT2D eigenvalue weighted by Gasteiger charge is 2.20. The van der Waals surface area contributed by atoms with Crippen molar-refractivity contribution in [2.45, 2.75) is 31.8 Å². The second-order valence-corrected chi connectivity index (χ2v) is 7.97. The van der Waals surface area contributed by atoms with Gasteiger partial charge in [-0.05, 0) is 69.3 Å². The lowest BCUT2D eigenvalue weighted by molar-refractivity contribution is -0.123. The van der Waals surface area contributed by atoms with Crippen LogP contribution in [0.15, 0.2) is 47.4 Å². The van der Waals surface area contributed by atoms with Crippen LogP contribution in [0, 0.1) is 13.8 Å². The first-order valence-electron chi connectivity index (χ1n) is 8.27. The molecule has 7 nitrogen and oxygen atoms in total. The van der Waals surface area contributed by atoms with E-state index in [4.69, 9.17) is 4.74 Å². The number of esters is 1. The quantitative estimate of drug-likeness (QED) is 0.738. The Hall–Kier alpha value is -2.71. The highest BCUT2D eigenvalue weighted by molar-refractivity contribution is 7.89.